The fourth-order valence-electron chi connectivity index (χ4n) is 5.46. The number of carbonyl (C=O) groups excluding carboxylic acids is 2. The molecule has 2 saturated heterocycles. The number of carbonyl (C=O) groups is 2. The molecule has 2 aliphatic heterocycles. The molecule has 0 aromatic heterocycles. The minimum atomic E-state index is -0.904. The molecule has 216 valence electrons. The number of phenols is 1. The highest BCUT2D eigenvalue weighted by atomic mass is 19.1. The molecule has 2 amide bonds. The number of rotatable bonds is 7. The van der Waals surface area contributed by atoms with Crippen LogP contribution in [-0.4, -0.2) is 71.9 Å². The zero-order valence-corrected chi connectivity index (χ0v) is 23.0. The number of ether oxygens (including phenoxy) is 1. The van der Waals surface area contributed by atoms with Crippen molar-refractivity contribution in [2.24, 2.45) is 5.92 Å². The molecule has 0 saturated carbocycles. The topological polar surface area (TPSA) is 90.3 Å². The Kier molecular flexibility index (Phi) is 7.97. The number of hydrogen-bond donors (Lipinski definition) is 2. The minimum absolute atomic E-state index is 0.152. The van der Waals surface area contributed by atoms with Crippen LogP contribution < -0.4 is 9.64 Å². The first-order valence-corrected chi connectivity index (χ1v) is 13.7. The number of aromatic hydroxyl groups is 1. The Morgan fingerprint density at radius 1 is 1.00 bits per heavy atom. The van der Waals surface area contributed by atoms with E-state index >= 15 is 0 Å². The monoisotopic (exact) mass is 566 g/mol. The van der Waals surface area contributed by atoms with Gasteiger partial charge in [0.25, 0.3) is 0 Å². The predicted molar refractivity (Wildman–Crippen MR) is 148 cm³/mol. The highest BCUT2D eigenvalue weighted by Crippen LogP contribution is 2.49. The Morgan fingerprint density at radius 3 is 2.22 bits per heavy atom. The van der Waals surface area contributed by atoms with E-state index in [1.54, 1.807) is 17.0 Å². The number of benzene rings is 3. The molecule has 2 aliphatic rings. The van der Waals surface area contributed by atoms with Crippen molar-refractivity contribution in [3.8, 4) is 11.5 Å². The number of halogens is 2. The van der Waals surface area contributed by atoms with Crippen LogP contribution >= 0.6 is 0 Å². The summed E-state index contributed by atoms with van der Waals surface area (Å²) in [6.45, 7) is 2.76. The zero-order chi connectivity index (χ0) is 29.3. The number of piperazine rings is 1. The number of amides is 2. The number of nitrogens with zero attached hydrogens (tertiary/aromatic N) is 3. The Balaban J connectivity index is 1.34. The third kappa shape index (κ3) is 6.18. The van der Waals surface area contributed by atoms with Crippen molar-refractivity contribution in [3.63, 3.8) is 0 Å². The Labute approximate surface area is 237 Å². The number of β-lactam (4-membered cyclic amide) rings is 1. The first-order valence-electron chi connectivity index (χ1n) is 13.7. The number of hydrogen-bond acceptors (Lipinski definition) is 5. The van der Waals surface area contributed by atoms with Gasteiger partial charge in [-0.05, 0) is 66.9 Å². The molecule has 3 aromatic rings. The molecule has 3 atom stereocenters. The summed E-state index contributed by atoms with van der Waals surface area (Å²) in [5.74, 6) is -1.63. The Hall–Kier alpha value is -4.02. The molecule has 10 heteroatoms. The van der Waals surface area contributed by atoms with Gasteiger partial charge in [-0.15, -0.1) is 0 Å². The van der Waals surface area contributed by atoms with E-state index in [1.807, 2.05) is 0 Å². The molecule has 8 nitrogen and oxygen atoms in total. The van der Waals surface area contributed by atoms with Gasteiger partial charge in [0.2, 0.25) is 5.91 Å². The SMILES string of the molecule is C[N+]1(C)CCN(C(=O)Oc2ccc(C3[C@@H](CCC(O)c4ccc(F)cc4)C(=O)N3c3ccc(F)cc3)c(O)c2)CC1. The van der Waals surface area contributed by atoms with E-state index < -0.39 is 35.8 Å². The van der Waals surface area contributed by atoms with Crippen LogP contribution in [0.2, 0.25) is 0 Å². The molecule has 5 rings (SSSR count). The molecule has 0 radical (unpaired) electrons. The quantitative estimate of drug-likeness (QED) is 0.318. The van der Waals surface area contributed by atoms with Crippen molar-refractivity contribution in [1.82, 2.24) is 4.90 Å². The third-order valence-electron chi connectivity index (χ3n) is 8.06. The van der Waals surface area contributed by atoms with Gasteiger partial charge in [0.1, 0.15) is 23.1 Å². The van der Waals surface area contributed by atoms with Gasteiger partial charge in [-0.3, -0.25) is 9.69 Å². The third-order valence-corrected chi connectivity index (χ3v) is 8.06. The van der Waals surface area contributed by atoms with Crippen molar-refractivity contribution in [2.75, 3.05) is 45.2 Å². The number of phenolic OH excluding ortho intramolecular Hbond substituents is 1. The lowest BCUT2D eigenvalue weighted by molar-refractivity contribution is -0.894. The standard InChI is InChI=1S/C31H33F2N3O5/c1-36(2)17-15-34(16-18-36)31(40)41-24-11-12-25(28(38)19-24)29-26(13-14-27(37)20-3-5-21(32)6-4-20)30(39)35(29)23-9-7-22(33)8-10-23/h3-12,19,26-27,29,37H,13-18H2,1-2H3/p+1/t26-,27?,29?/m1/s1. The number of anilines is 1. The van der Waals surface area contributed by atoms with E-state index in [4.69, 9.17) is 4.74 Å². The van der Waals surface area contributed by atoms with Crippen LogP contribution in [0, 0.1) is 17.6 Å². The van der Waals surface area contributed by atoms with E-state index in [0.29, 0.717) is 36.3 Å². The summed E-state index contributed by atoms with van der Waals surface area (Å²) in [7, 11) is 4.22. The van der Waals surface area contributed by atoms with Crippen LogP contribution in [0.25, 0.3) is 0 Å². The van der Waals surface area contributed by atoms with E-state index in [9.17, 15) is 28.6 Å². The summed E-state index contributed by atoms with van der Waals surface area (Å²) in [6, 6.07) is 15.0. The van der Waals surface area contributed by atoms with E-state index in [0.717, 1.165) is 17.6 Å². The van der Waals surface area contributed by atoms with Crippen molar-refractivity contribution < 1.29 is 37.8 Å². The van der Waals surface area contributed by atoms with E-state index in [2.05, 4.69) is 14.1 Å². The lowest BCUT2D eigenvalue weighted by Crippen LogP contribution is -2.56. The van der Waals surface area contributed by atoms with Crippen molar-refractivity contribution in [3.05, 3.63) is 89.5 Å². The first-order chi connectivity index (χ1) is 19.5. The minimum Gasteiger partial charge on any atom is -0.507 e. The van der Waals surface area contributed by atoms with Gasteiger partial charge in [-0.25, -0.2) is 13.6 Å². The molecule has 2 N–H and O–H groups in total. The molecule has 2 fully saturated rings. The molecule has 3 aromatic carbocycles. The van der Waals surface area contributed by atoms with E-state index in [1.165, 1.54) is 59.5 Å². The summed E-state index contributed by atoms with van der Waals surface area (Å²) in [6.07, 6.45) is -0.869. The Morgan fingerprint density at radius 2 is 1.61 bits per heavy atom. The van der Waals surface area contributed by atoms with Crippen LogP contribution in [0.1, 0.15) is 36.1 Å². The zero-order valence-electron chi connectivity index (χ0n) is 23.0. The second kappa shape index (κ2) is 11.5. The summed E-state index contributed by atoms with van der Waals surface area (Å²) >= 11 is 0. The number of likely N-dealkylation sites (N-methyl/N-ethyl adjacent to an activating group) is 1. The summed E-state index contributed by atoms with van der Waals surface area (Å²) in [4.78, 5) is 29.1. The molecule has 0 aliphatic carbocycles. The predicted octanol–water partition coefficient (Wildman–Crippen LogP) is 4.78. The summed E-state index contributed by atoms with van der Waals surface area (Å²) in [5, 5.41) is 21.7. The number of aliphatic hydroxyl groups is 1. The molecule has 2 unspecified atom stereocenters. The Bertz CT molecular complexity index is 1400. The number of aliphatic hydroxyl groups excluding tert-OH is 1. The van der Waals surface area contributed by atoms with Gasteiger partial charge in [-0.1, -0.05) is 12.1 Å². The van der Waals surface area contributed by atoms with Crippen LogP contribution in [0.15, 0.2) is 66.7 Å². The average Bonchev–Trinajstić information content (AvgIpc) is 2.93. The molecular formula is C31H34F2N3O5+. The normalized spacial score (nSPS) is 20.9. The van der Waals surface area contributed by atoms with Gasteiger partial charge in [0.05, 0.1) is 58.3 Å². The van der Waals surface area contributed by atoms with Crippen molar-refractivity contribution >= 4 is 17.7 Å². The summed E-state index contributed by atoms with van der Waals surface area (Å²) < 4.78 is 33.3. The second-order valence-electron chi connectivity index (χ2n) is 11.3. The van der Waals surface area contributed by atoms with Gasteiger partial charge >= 0.3 is 6.09 Å². The average molecular weight is 567 g/mol. The lowest BCUT2D eigenvalue weighted by Gasteiger charge is -2.48. The molecule has 41 heavy (non-hydrogen) atoms. The van der Waals surface area contributed by atoms with Crippen molar-refractivity contribution in [1.29, 1.82) is 0 Å². The van der Waals surface area contributed by atoms with Gasteiger partial charge in [-0.2, -0.15) is 0 Å². The lowest BCUT2D eigenvalue weighted by atomic mass is 9.78. The summed E-state index contributed by atoms with van der Waals surface area (Å²) in [5.41, 5.74) is 1.44. The second-order valence-corrected chi connectivity index (χ2v) is 11.3. The maximum Gasteiger partial charge on any atom is 0.415 e. The van der Waals surface area contributed by atoms with Crippen LogP contribution in [0.5, 0.6) is 11.5 Å². The number of quaternary nitrogens is 1. The maximum absolute atomic E-state index is 13.6. The fourth-order valence-corrected chi connectivity index (χ4v) is 5.46. The molecular weight excluding hydrogens is 532 g/mol. The van der Waals surface area contributed by atoms with Crippen LogP contribution in [-0.2, 0) is 4.79 Å². The first kappa shape index (κ1) is 28.5. The highest BCUT2D eigenvalue weighted by molar-refractivity contribution is 6.03. The van der Waals surface area contributed by atoms with Crippen LogP contribution in [0.4, 0.5) is 19.3 Å². The van der Waals surface area contributed by atoms with Gasteiger partial charge < -0.3 is 24.3 Å². The molecule has 0 spiro atoms. The highest BCUT2D eigenvalue weighted by Gasteiger charge is 2.49. The maximum atomic E-state index is 13.6. The largest absolute Gasteiger partial charge is 0.507 e. The smallest absolute Gasteiger partial charge is 0.415 e. The van der Waals surface area contributed by atoms with Crippen molar-refractivity contribution in [2.45, 2.75) is 25.0 Å². The van der Waals surface area contributed by atoms with Gasteiger partial charge in [0, 0.05) is 17.3 Å². The van der Waals surface area contributed by atoms with E-state index in [-0.39, 0.29) is 23.8 Å². The van der Waals surface area contributed by atoms with Gasteiger partial charge in [0.15, 0.2) is 0 Å². The fraction of sp³-hybridized carbons (Fsp3) is 0.355. The molecule has 0 bridgehead atoms. The van der Waals surface area contributed by atoms with Crippen LogP contribution in [0.3, 0.4) is 0 Å². The molecule has 2 heterocycles.